The lowest BCUT2D eigenvalue weighted by atomic mass is 10.0. The number of carbonyl (C=O) groups is 1. The van der Waals surface area contributed by atoms with E-state index in [1.807, 2.05) is 25.1 Å². The van der Waals surface area contributed by atoms with Crippen molar-refractivity contribution in [3.05, 3.63) is 107 Å². The molecule has 3 aromatic heterocycles. The first-order chi connectivity index (χ1) is 15.6. The molecule has 0 amide bonds. The molecular weight excluding hydrogens is 402 g/mol. The second-order valence-corrected chi connectivity index (χ2v) is 7.76. The van der Waals surface area contributed by atoms with Crippen LogP contribution in [-0.4, -0.2) is 25.8 Å². The van der Waals surface area contributed by atoms with Gasteiger partial charge in [0, 0.05) is 0 Å². The Morgan fingerprint density at radius 3 is 2.38 bits per heavy atom. The molecule has 5 aromatic rings. The van der Waals surface area contributed by atoms with E-state index < -0.39 is 5.97 Å². The summed E-state index contributed by atoms with van der Waals surface area (Å²) >= 11 is 0. The number of fused-ring (bicyclic) bond motifs is 1. The van der Waals surface area contributed by atoms with Gasteiger partial charge in [-0.05, 0) is 48.2 Å². The van der Waals surface area contributed by atoms with E-state index in [4.69, 9.17) is 9.40 Å². The Morgan fingerprint density at radius 2 is 1.69 bits per heavy atom. The standard InChI is InChI=1S/C26H21N3O3/c1-17-24-21(26(30)31)15-22(23-8-5-13-32-23)27-25(24)29(28-17)16-20-11-9-19(10-12-20)14-18-6-3-2-4-7-18/h2-13,15H,14,16H2,1H3,(H,30,31). The van der Waals surface area contributed by atoms with Crippen LogP contribution in [0.15, 0.2) is 83.5 Å². The summed E-state index contributed by atoms with van der Waals surface area (Å²) in [5, 5.41) is 14.9. The molecule has 0 fully saturated rings. The first-order valence-corrected chi connectivity index (χ1v) is 10.4. The van der Waals surface area contributed by atoms with Crippen molar-refractivity contribution in [2.24, 2.45) is 0 Å². The predicted octanol–water partition coefficient (Wildman–Crippen LogP) is 5.34. The molecule has 0 atom stereocenters. The van der Waals surface area contributed by atoms with E-state index >= 15 is 0 Å². The summed E-state index contributed by atoms with van der Waals surface area (Å²) in [6.45, 7) is 2.30. The lowest BCUT2D eigenvalue weighted by molar-refractivity contribution is 0.0699. The highest BCUT2D eigenvalue weighted by atomic mass is 16.4. The maximum absolute atomic E-state index is 11.9. The third-order valence-electron chi connectivity index (χ3n) is 5.49. The highest BCUT2D eigenvalue weighted by molar-refractivity contribution is 6.04. The van der Waals surface area contributed by atoms with Crippen LogP contribution in [0, 0.1) is 6.92 Å². The Morgan fingerprint density at radius 1 is 0.969 bits per heavy atom. The van der Waals surface area contributed by atoms with Crippen LogP contribution in [-0.2, 0) is 13.0 Å². The van der Waals surface area contributed by atoms with Gasteiger partial charge >= 0.3 is 5.97 Å². The van der Waals surface area contributed by atoms with Gasteiger partial charge in [0.25, 0.3) is 0 Å². The fourth-order valence-corrected chi connectivity index (χ4v) is 3.95. The van der Waals surface area contributed by atoms with E-state index in [0.29, 0.717) is 34.7 Å². The van der Waals surface area contributed by atoms with Crippen molar-refractivity contribution in [3.8, 4) is 11.5 Å². The van der Waals surface area contributed by atoms with Gasteiger partial charge in [-0.15, -0.1) is 0 Å². The molecule has 5 rings (SSSR count). The van der Waals surface area contributed by atoms with Crippen LogP contribution in [0.2, 0.25) is 0 Å². The number of hydrogen-bond acceptors (Lipinski definition) is 4. The number of hydrogen-bond donors (Lipinski definition) is 1. The van der Waals surface area contributed by atoms with Crippen LogP contribution < -0.4 is 0 Å². The molecule has 0 saturated carbocycles. The molecule has 6 heteroatoms. The van der Waals surface area contributed by atoms with Crippen LogP contribution in [0.1, 0.15) is 32.7 Å². The molecule has 3 heterocycles. The van der Waals surface area contributed by atoms with Gasteiger partial charge < -0.3 is 9.52 Å². The van der Waals surface area contributed by atoms with Crippen molar-refractivity contribution in [2.45, 2.75) is 19.9 Å². The van der Waals surface area contributed by atoms with Crippen LogP contribution in [0.3, 0.4) is 0 Å². The lowest BCUT2D eigenvalue weighted by Gasteiger charge is -2.07. The van der Waals surface area contributed by atoms with E-state index in [2.05, 4.69) is 41.5 Å². The number of rotatable bonds is 6. The smallest absolute Gasteiger partial charge is 0.336 e. The Balaban J connectivity index is 1.49. The average molecular weight is 423 g/mol. The molecule has 1 N–H and O–H groups in total. The minimum absolute atomic E-state index is 0.170. The second-order valence-electron chi connectivity index (χ2n) is 7.76. The summed E-state index contributed by atoms with van der Waals surface area (Å²) in [6, 6.07) is 23.8. The molecule has 0 aliphatic rings. The fourth-order valence-electron chi connectivity index (χ4n) is 3.95. The number of nitrogens with zero attached hydrogens (tertiary/aromatic N) is 3. The molecule has 0 spiro atoms. The molecule has 32 heavy (non-hydrogen) atoms. The number of carboxylic acid groups (broad SMARTS) is 1. The lowest BCUT2D eigenvalue weighted by Crippen LogP contribution is -2.05. The third-order valence-corrected chi connectivity index (χ3v) is 5.49. The topological polar surface area (TPSA) is 81.2 Å². The summed E-state index contributed by atoms with van der Waals surface area (Å²) < 4.78 is 7.20. The SMILES string of the molecule is Cc1nn(Cc2ccc(Cc3ccccc3)cc2)c2nc(-c3ccco3)cc(C(=O)O)c12. The van der Waals surface area contributed by atoms with E-state index in [1.54, 1.807) is 29.1 Å². The number of carboxylic acids is 1. The van der Waals surface area contributed by atoms with Crippen LogP contribution in [0.25, 0.3) is 22.5 Å². The zero-order valence-corrected chi connectivity index (χ0v) is 17.5. The van der Waals surface area contributed by atoms with E-state index in [-0.39, 0.29) is 5.56 Å². The first-order valence-electron chi connectivity index (χ1n) is 10.4. The summed E-state index contributed by atoms with van der Waals surface area (Å²) in [6.07, 6.45) is 2.42. The minimum Gasteiger partial charge on any atom is -0.478 e. The molecule has 0 radical (unpaired) electrons. The van der Waals surface area contributed by atoms with Crippen LogP contribution in [0.4, 0.5) is 0 Å². The minimum atomic E-state index is -1.02. The van der Waals surface area contributed by atoms with Gasteiger partial charge in [-0.1, -0.05) is 54.6 Å². The number of pyridine rings is 1. The van der Waals surface area contributed by atoms with Gasteiger partial charge in [0.15, 0.2) is 11.4 Å². The van der Waals surface area contributed by atoms with E-state index in [0.717, 1.165) is 12.0 Å². The summed E-state index contributed by atoms with van der Waals surface area (Å²) in [7, 11) is 0. The van der Waals surface area contributed by atoms with Gasteiger partial charge in [0.1, 0.15) is 5.69 Å². The van der Waals surface area contributed by atoms with E-state index in [9.17, 15) is 9.90 Å². The molecular formula is C26H21N3O3. The highest BCUT2D eigenvalue weighted by Crippen LogP contribution is 2.28. The van der Waals surface area contributed by atoms with Gasteiger partial charge in [0.05, 0.1) is 29.5 Å². The molecule has 0 unspecified atom stereocenters. The molecule has 158 valence electrons. The van der Waals surface area contributed by atoms with Gasteiger partial charge in [-0.2, -0.15) is 5.10 Å². The Bertz CT molecular complexity index is 1390. The number of aromatic carboxylic acids is 1. The number of furan rings is 1. The van der Waals surface area contributed by atoms with Crippen LogP contribution in [0.5, 0.6) is 0 Å². The van der Waals surface area contributed by atoms with Gasteiger partial charge in [-0.3, -0.25) is 0 Å². The maximum atomic E-state index is 11.9. The highest BCUT2D eigenvalue weighted by Gasteiger charge is 2.20. The summed E-state index contributed by atoms with van der Waals surface area (Å²) in [5.41, 5.74) is 5.37. The zero-order chi connectivity index (χ0) is 22.1. The second kappa shape index (κ2) is 8.15. The molecule has 6 nitrogen and oxygen atoms in total. The molecule has 2 aromatic carbocycles. The third kappa shape index (κ3) is 3.78. The van der Waals surface area contributed by atoms with Crippen molar-refractivity contribution >= 4 is 17.0 Å². The summed E-state index contributed by atoms with van der Waals surface area (Å²) in [5.74, 6) is -0.497. The quantitative estimate of drug-likeness (QED) is 0.399. The Kier molecular flexibility index (Phi) is 5.03. The van der Waals surface area contributed by atoms with Crippen molar-refractivity contribution < 1.29 is 14.3 Å². The fraction of sp³-hybridized carbons (Fsp3) is 0.115. The van der Waals surface area contributed by atoms with Gasteiger partial charge in [-0.25, -0.2) is 14.5 Å². The predicted molar refractivity (Wildman–Crippen MR) is 122 cm³/mol. The van der Waals surface area contributed by atoms with Crippen molar-refractivity contribution in [1.82, 2.24) is 14.8 Å². The van der Waals surface area contributed by atoms with Crippen molar-refractivity contribution in [3.63, 3.8) is 0 Å². The maximum Gasteiger partial charge on any atom is 0.336 e. The van der Waals surface area contributed by atoms with E-state index in [1.165, 1.54) is 11.1 Å². The number of aryl methyl sites for hydroxylation is 1. The monoisotopic (exact) mass is 423 g/mol. The Hall–Kier alpha value is -4.19. The zero-order valence-electron chi connectivity index (χ0n) is 17.5. The van der Waals surface area contributed by atoms with Crippen molar-refractivity contribution in [1.29, 1.82) is 0 Å². The number of benzene rings is 2. The Labute approximate surface area is 184 Å². The molecule has 0 aliphatic carbocycles. The first kappa shape index (κ1) is 19.8. The van der Waals surface area contributed by atoms with Gasteiger partial charge in [0.2, 0.25) is 0 Å². The van der Waals surface area contributed by atoms with Crippen LogP contribution >= 0.6 is 0 Å². The molecule has 0 bridgehead atoms. The molecule has 0 saturated heterocycles. The molecule has 0 aliphatic heterocycles. The largest absolute Gasteiger partial charge is 0.478 e. The number of aromatic nitrogens is 3. The normalized spacial score (nSPS) is 11.2. The van der Waals surface area contributed by atoms with Crippen molar-refractivity contribution in [2.75, 3.05) is 0 Å². The summed E-state index contributed by atoms with van der Waals surface area (Å²) in [4.78, 5) is 16.6. The average Bonchev–Trinajstić information content (AvgIpc) is 3.44.